The zero-order chi connectivity index (χ0) is 28.2. The number of carboxylic acid groups (broad SMARTS) is 1. The second-order valence-electron chi connectivity index (χ2n) is 12.6. The number of nitrogens with zero attached hydrogens (tertiary/aromatic N) is 4. The lowest BCUT2D eigenvalue weighted by molar-refractivity contribution is -0.145. The summed E-state index contributed by atoms with van der Waals surface area (Å²) >= 11 is 0. The molecule has 3 fully saturated rings. The monoisotopic (exact) mass is 554 g/mol. The van der Waals surface area contributed by atoms with Crippen LogP contribution in [0, 0.1) is 11.8 Å². The van der Waals surface area contributed by atoms with Gasteiger partial charge in [0.1, 0.15) is 11.9 Å². The molecule has 0 spiro atoms. The summed E-state index contributed by atoms with van der Waals surface area (Å²) in [6.45, 7) is 8.08. The van der Waals surface area contributed by atoms with Gasteiger partial charge in [-0.1, -0.05) is 79.9 Å². The van der Waals surface area contributed by atoms with E-state index in [-0.39, 0.29) is 12.0 Å². The fourth-order valence-corrected chi connectivity index (χ4v) is 7.96. The quantitative estimate of drug-likeness (QED) is 0.327. The van der Waals surface area contributed by atoms with Crippen LogP contribution in [0.5, 0.6) is 0 Å². The Balaban J connectivity index is 1.14. The minimum absolute atomic E-state index is 0.287. The van der Waals surface area contributed by atoms with Gasteiger partial charge in [-0.3, -0.25) is 9.69 Å². The first kappa shape index (κ1) is 28.2. The van der Waals surface area contributed by atoms with Gasteiger partial charge in [0.05, 0.1) is 5.69 Å². The van der Waals surface area contributed by atoms with Crippen molar-refractivity contribution in [2.75, 3.05) is 32.7 Å². The van der Waals surface area contributed by atoms with Crippen LogP contribution >= 0.6 is 0 Å². The lowest BCUT2D eigenvalue weighted by Gasteiger charge is -2.35. The van der Waals surface area contributed by atoms with E-state index in [4.69, 9.17) is 4.98 Å². The van der Waals surface area contributed by atoms with Gasteiger partial charge >= 0.3 is 5.97 Å². The Labute approximate surface area is 245 Å². The van der Waals surface area contributed by atoms with Gasteiger partial charge < -0.3 is 14.6 Å². The number of aryl methyl sites for hydroxylation is 1. The first-order chi connectivity index (χ1) is 20.1. The lowest BCUT2D eigenvalue weighted by Crippen LogP contribution is -2.46. The van der Waals surface area contributed by atoms with Crippen LogP contribution in [0.1, 0.15) is 75.1 Å². The Morgan fingerprint density at radius 1 is 0.927 bits per heavy atom. The normalized spacial score (nSPS) is 24.0. The SMILES string of the molecule is CCn1cc(-c2ccccc2)nc1C1CCN(CC2CN(C(C(=O)O)C3CCCCC3)CC2c2ccccc2)CC1. The van der Waals surface area contributed by atoms with E-state index >= 15 is 0 Å². The average Bonchev–Trinajstić information content (AvgIpc) is 3.64. The predicted molar refractivity (Wildman–Crippen MR) is 164 cm³/mol. The molecule has 6 heteroatoms. The number of piperidine rings is 1. The number of rotatable bonds is 9. The van der Waals surface area contributed by atoms with E-state index in [9.17, 15) is 9.90 Å². The lowest BCUT2D eigenvalue weighted by atomic mass is 9.83. The molecule has 1 N–H and O–H groups in total. The van der Waals surface area contributed by atoms with E-state index in [1.807, 2.05) is 0 Å². The topological polar surface area (TPSA) is 61.6 Å². The van der Waals surface area contributed by atoms with E-state index in [0.29, 0.717) is 17.8 Å². The minimum Gasteiger partial charge on any atom is -0.480 e. The van der Waals surface area contributed by atoms with Crippen molar-refractivity contribution in [2.24, 2.45) is 11.8 Å². The molecule has 3 aromatic rings. The summed E-state index contributed by atoms with van der Waals surface area (Å²) in [6, 6.07) is 21.0. The number of aromatic nitrogens is 2. The highest BCUT2D eigenvalue weighted by atomic mass is 16.4. The molecule has 6 rings (SSSR count). The number of hydrogen-bond donors (Lipinski definition) is 1. The van der Waals surface area contributed by atoms with Gasteiger partial charge in [-0.15, -0.1) is 0 Å². The van der Waals surface area contributed by atoms with Gasteiger partial charge in [0.25, 0.3) is 0 Å². The molecule has 1 aromatic heterocycles. The largest absolute Gasteiger partial charge is 0.480 e. The fourth-order valence-electron chi connectivity index (χ4n) is 7.96. The molecular weight excluding hydrogens is 508 g/mol. The maximum absolute atomic E-state index is 12.6. The van der Waals surface area contributed by atoms with Gasteiger partial charge in [-0.25, -0.2) is 4.98 Å². The Morgan fingerprint density at radius 3 is 2.27 bits per heavy atom. The van der Waals surface area contributed by atoms with Crippen molar-refractivity contribution in [3.8, 4) is 11.3 Å². The molecule has 1 aliphatic carbocycles. The van der Waals surface area contributed by atoms with Crippen molar-refractivity contribution < 1.29 is 9.90 Å². The number of carboxylic acids is 1. The van der Waals surface area contributed by atoms with Crippen molar-refractivity contribution in [3.05, 3.63) is 78.2 Å². The van der Waals surface area contributed by atoms with Crippen LogP contribution < -0.4 is 0 Å². The van der Waals surface area contributed by atoms with E-state index in [1.54, 1.807) is 0 Å². The minimum atomic E-state index is -0.619. The third-order valence-corrected chi connectivity index (χ3v) is 10.1. The van der Waals surface area contributed by atoms with Gasteiger partial charge in [0, 0.05) is 49.8 Å². The zero-order valence-electron chi connectivity index (χ0n) is 24.6. The highest BCUT2D eigenvalue weighted by molar-refractivity contribution is 5.74. The molecule has 3 unspecified atom stereocenters. The van der Waals surface area contributed by atoms with Gasteiger partial charge in [-0.05, 0) is 63.1 Å². The molecule has 6 nitrogen and oxygen atoms in total. The first-order valence-corrected chi connectivity index (χ1v) is 16.0. The van der Waals surface area contributed by atoms with Gasteiger partial charge in [0.15, 0.2) is 0 Å². The van der Waals surface area contributed by atoms with Crippen LogP contribution in [0.4, 0.5) is 0 Å². The standard InChI is InChI=1S/C35H46N4O2/c1-2-38-25-32(27-14-8-4-9-15-27)36-34(38)29-18-20-37(21-19-29)22-30-23-39(24-31(30)26-12-6-3-7-13-26)33(35(40)41)28-16-10-5-11-17-28/h3-4,6-9,12-15,25,28-31,33H,2,5,10-11,16-24H2,1H3,(H,40,41). The van der Waals surface area contributed by atoms with Gasteiger partial charge in [0.2, 0.25) is 0 Å². The van der Waals surface area contributed by atoms with E-state index in [0.717, 1.165) is 70.6 Å². The highest BCUT2D eigenvalue weighted by Gasteiger charge is 2.43. The van der Waals surface area contributed by atoms with Crippen LogP contribution in [0.25, 0.3) is 11.3 Å². The third-order valence-electron chi connectivity index (χ3n) is 10.1. The molecule has 3 heterocycles. The molecule has 2 aliphatic heterocycles. The average molecular weight is 555 g/mol. The number of aliphatic carboxylic acids is 1. The van der Waals surface area contributed by atoms with Crippen molar-refractivity contribution in [2.45, 2.75) is 76.3 Å². The van der Waals surface area contributed by atoms with Crippen molar-refractivity contribution in [3.63, 3.8) is 0 Å². The van der Waals surface area contributed by atoms with Gasteiger partial charge in [-0.2, -0.15) is 0 Å². The van der Waals surface area contributed by atoms with E-state index < -0.39 is 5.97 Å². The van der Waals surface area contributed by atoms with Crippen LogP contribution in [0.2, 0.25) is 0 Å². The number of benzene rings is 2. The molecule has 0 bridgehead atoms. The Morgan fingerprint density at radius 2 is 1.61 bits per heavy atom. The molecule has 1 saturated carbocycles. The number of hydrogen-bond acceptors (Lipinski definition) is 4. The Bertz CT molecular complexity index is 1260. The summed E-state index contributed by atoms with van der Waals surface area (Å²) in [7, 11) is 0. The summed E-state index contributed by atoms with van der Waals surface area (Å²) in [5.74, 6) is 2.21. The number of likely N-dealkylation sites (tertiary alicyclic amines) is 2. The van der Waals surface area contributed by atoms with Crippen LogP contribution in [0.15, 0.2) is 66.9 Å². The number of carbonyl (C=O) groups is 1. The van der Waals surface area contributed by atoms with Crippen molar-refractivity contribution in [1.82, 2.24) is 19.4 Å². The summed E-state index contributed by atoms with van der Waals surface area (Å²) in [5.41, 5.74) is 3.62. The molecular formula is C35H46N4O2. The van der Waals surface area contributed by atoms with Crippen LogP contribution in [0.3, 0.4) is 0 Å². The van der Waals surface area contributed by atoms with E-state index in [2.05, 4.69) is 88.2 Å². The maximum atomic E-state index is 12.6. The van der Waals surface area contributed by atoms with E-state index in [1.165, 1.54) is 36.2 Å². The van der Waals surface area contributed by atoms with Crippen molar-refractivity contribution >= 4 is 5.97 Å². The summed E-state index contributed by atoms with van der Waals surface area (Å²) < 4.78 is 2.35. The molecule has 3 aliphatic rings. The smallest absolute Gasteiger partial charge is 0.321 e. The predicted octanol–water partition coefficient (Wildman–Crippen LogP) is 6.50. The Kier molecular flexibility index (Phi) is 8.87. The number of imidazole rings is 1. The summed E-state index contributed by atoms with van der Waals surface area (Å²) in [4.78, 5) is 22.7. The molecule has 0 radical (unpaired) electrons. The second kappa shape index (κ2) is 12.9. The molecule has 2 aromatic carbocycles. The molecule has 218 valence electrons. The zero-order valence-corrected chi connectivity index (χ0v) is 24.6. The summed E-state index contributed by atoms with van der Waals surface area (Å²) in [5, 5.41) is 10.3. The molecule has 3 atom stereocenters. The van der Waals surface area contributed by atoms with Crippen LogP contribution in [-0.2, 0) is 11.3 Å². The first-order valence-electron chi connectivity index (χ1n) is 16.0. The maximum Gasteiger partial charge on any atom is 0.321 e. The fraction of sp³-hybridized carbons (Fsp3) is 0.543. The molecule has 41 heavy (non-hydrogen) atoms. The Hall–Kier alpha value is -2.96. The molecule has 0 amide bonds. The van der Waals surface area contributed by atoms with Crippen molar-refractivity contribution in [1.29, 1.82) is 0 Å². The molecule has 2 saturated heterocycles. The third kappa shape index (κ3) is 6.29. The highest BCUT2D eigenvalue weighted by Crippen LogP contribution is 2.39. The summed E-state index contributed by atoms with van der Waals surface area (Å²) in [6.07, 6.45) is 10.2. The van der Waals surface area contributed by atoms with Crippen LogP contribution in [-0.4, -0.2) is 69.2 Å². The second-order valence-corrected chi connectivity index (χ2v) is 12.6.